The lowest BCUT2D eigenvalue weighted by atomic mass is 9.78. The first-order chi connectivity index (χ1) is 10.5. The Morgan fingerprint density at radius 2 is 1.91 bits per heavy atom. The van der Waals surface area contributed by atoms with Gasteiger partial charge in [0, 0.05) is 18.8 Å². The van der Waals surface area contributed by atoms with Crippen molar-refractivity contribution in [3.8, 4) is 0 Å². The number of hydrogen-bond donors (Lipinski definition) is 0. The lowest BCUT2D eigenvalue weighted by Crippen LogP contribution is -2.47. The average Bonchev–Trinajstić information content (AvgIpc) is 2.74. The minimum atomic E-state index is -0.528. The molecule has 0 aromatic heterocycles. The van der Waals surface area contributed by atoms with Crippen LogP contribution in [-0.4, -0.2) is 42.3 Å². The van der Waals surface area contributed by atoms with E-state index in [1.54, 1.807) is 7.11 Å². The van der Waals surface area contributed by atoms with Crippen molar-refractivity contribution >= 4 is 11.5 Å². The van der Waals surface area contributed by atoms with E-state index in [0.717, 1.165) is 37.2 Å². The maximum absolute atomic E-state index is 13.2. The Kier molecular flexibility index (Phi) is 3.91. The summed E-state index contributed by atoms with van der Waals surface area (Å²) >= 11 is 0. The van der Waals surface area contributed by atoms with Crippen molar-refractivity contribution in [3.05, 3.63) is 34.9 Å². The van der Waals surface area contributed by atoms with E-state index in [0.29, 0.717) is 0 Å². The molecule has 2 heterocycles. The van der Waals surface area contributed by atoms with Crippen molar-refractivity contribution in [1.82, 2.24) is 5.06 Å². The average molecular weight is 300 g/mol. The molecule has 2 aliphatic rings. The first-order valence-corrected chi connectivity index (χ1v) is 7.94. The zero-order valence-corrected chi connectivity index (χ0v) is 13.8. The van der Waals surface area contributed by atoms with Crippen molar-refractivity contribution in [1.29, 1.82) is 0 Å². The summed E-state index contributed by atoms with van der Waals surface area (Å²) in [6, 6.07) is 6.33. The minimum Gasteiger partial charge on any atom is -0.302 e. The zero-order chi connectivity index (χ0) is 15.9. The van der Waals surface area contributed by atoms with Gasteiger partial charge in [-0.3, -0.25) is 9.79 Å². The second kappa shape index (κ2) is 5.60. The van der Waals surface area contributed by atoms with Gasteiger partial charge >= 0.3 is 0 Å². The molecular weight excluding hydrogens is 276 g/mol. The third-order valence-corrected chi connectivity index (χ3v) is 5.08. The molecule has 1 fully saturated rings. The highest BCUT2D eigenvalue weighted by Gasteiger charge is 2.50. The summed E-state index contributed by atoms with van der Waals surface area (Å²) in [6.45, 7) is 7.68. The molecule has 118 valence electrons. The summed E-state index contributed by atoms with van der Waals surface area (Å²) in [5, 5.41) is 1.91. The molecular formula is C18H24N2O2. The van der Waals surface area contributed by atoms with Gasteiger partial charge in [-0.1, -0.05) is 23.8 Å². The molecule has 0 amide bonds. The SMILES string of the molecule is CON1CCC2(CC1)N=C(C)C(c1cc(C)ccc1C)C2=O. The number of rotatable bonds is 2. The second-order valence-corrected chi connectivity index (χ2v) is 6.55. The molecule has 0 bridgehead atoms. The van der Waals surface area contributed by atoms with E-state index in [4.69, 9.17) is 9.83 Å². The van der Waals surface area contributed by atoms with Gasteiger partial charge < -0.3 is 4.84 Å². The first-order valence-electron chi connectivity index (χ1n) is 7.94. The van der Waals surface area contributed by atoms with Crippen LogP contribution in [0.4, 0.5) is 0 Å². The summed E-state index contributed by atoms with van der Waals surface area (Å²) in [6.07, 6.45) is 1.50. The Hall–Kier alpha value is -1.52. The van der Waals surface area contributed by atoms with Crippen LogP contribution in [-0.2, 0) is 9.63 Å². The molecule has 1 aromatic rings. The number of hydrogen-bond acceptors (Lipinski definition) is 4. The van der Waals surface area contributed by atoms with E-state index >= 15 is 0 Å². The normalized spacial score (nSPS) is 24.8. The van der Waals surface area contributed by atoms with Crippen molar-refractivity contribution in [2.75, 3.05) is 20.2 Å². The Morgan fingerprint density at radius 1 is 1.23 bits per heavy atom. The molecule has 0 radical (unpaired) electrons. The topological polar surface area (TPSA) is 41.9 Å². The molecule has 22 heavy (non-hydrogen) atoms. The Bertz CT molecular complexity index is 628. The predicted octanol–water partition coefficient (Wildman–Crippen LogP) is 2.83. The number of aliphatic imine (C=N–C) groups is 1. The van der Waals surface area contributed by atoms with Gasteiger partial charge in [0.05, 0.1) is 13.0 Å². The maximum atomic E-state index is 13.2. The fraction of sp³-hybridized carbons (Fsp3) is 0.556. The van der Waals surface area contributed by atoms with Gasteiger partial charge in [-0.25, -0.2) is 0 Å². The molecule has 0 aliphatic carbocycles. The van der Waals surface area contributed by atoms with Gasteiger partial charge in [-0.15, -0.1) is 0 Å². The van der Waals surface area contributed by atoms with Crippen molar-refractivity contribution < 1.29 is 9.63 Å². The lowest BCUT2D eigenvalue weighted by Gasteiger charge is -2.35. The number of nitrogens with zero attached hydrogens (tertiary/aromatic N) is 2. The van der Waals surface area contributed by atoms with Gasteiger partial charge in [0.1, 0.15) is 5.54 Å². The van der Waals surface area contributed by atoms with Crippen LogP contribution in [0.5, 0.6) is 0 Å². The quantitative estimate of drug-likeness (QED) is 0.843. The minimum absolute atomic E-state index is 0.172. The molecule has 1 aromatic carbocycles. The lowest BCUT2D eigenvalue weighted by molar-refractivity contribution is -0.155. The first kappa shape index (κ1) is 15.4. The summed E-state index contributed by atoms with van der Waals surface area (Å²) in [4.78, 5) is 23.3. The van der Waals surface area contributed by atoms with Gasteiger partial charge in [0.25, 0.3) is 0 Å². The maximum Gasteiger partial charge on any atom is 0.173 e. The number of Topliss-reactive ketones (excluding diaryl/α,β-unsaturated/α-hetero) is 1. The fourth-order valence-corrected chi connectivity index (χ4v) is 3.75. The molecule has 1 saturated heterocycles. The van der Waals surface area contributed by atoms with Crippen LogP contribution in [0.3, 0.4) is 0 Å². The monoisotopic (exact) mass is 300 g/mol. The fourth-order valence-electron chi connectivity index (χ4n) is 3.75. The summed E-state index contributed by atoms with van der Waals surface area (Å²) < 4.78 is 0. The molecule has 0 N–H and O–H groups in total. The number of aryl methyl sites for hydroxylation is 2. The highest BCUT2D eigenvalue weighted by molar-refractivity contribution is 6.18. The third-order valence-electron chi connectivity index (χ3n) is 5.08. The van der Waals surface area contributed by atoms with Crippen LogP contribution in [0.2, 0.25) is 0 Å². The molecule has 0 saturated carbocycles. The Labute approximate surface area is 132 Å². The van der Waals surface area contributed by atoms with Crippen LogP contribution in [0.1, 0.15) is 42.4 Å². The van der Waals surface area contributed by atoms with Crippen LogP contribution >= 0.6 is 0 Å². The number of benzene rings is 1. The molecule has 1 unspecified atom stereocenters. The third kappa shape index (κ3) is 2.40. The molecule has 1 spiro atoms. The van der Waals surface area contributed by atoms with Crippen LogP contribution in [0, 0.1) is 13.8 Å². The number of hydroxylamine groups is 2. The molecule has 1 atom stereocenters. The van der Waals surface area contributed by atoms with E-state index in [9.17, 15) is 4.79 Å². The van der Waals surface area contributed by atoms with Gasteiger partial charge in [-0.05, 0) is 44.7 Å². The number of carbonyl (C=O) groups is 1. The predicted molar refractivity (Wildman–Crippen MR) is 87.3 cm³/mol. The molecule has 4 heteroatoms. The number of piperidine rings is 1. The second-order valence-electron chi connectivity index (χ2n) is 6.55. The van der Waals surface area contributed by atoms with Crippen molar-refractivity contribution in [2.24, 2.45) is 4.99 Å². The summed E-state index contributed by atoms with van der Waals surface area (Å²) in [7, 11) is 1.68. The highest BCUT2D eigenvalue weighted by Crippen LogP contribution is 2.41. The van der Waals surface area contributed by atoms with Crippen molar-refractivity contribution in [2.45, 2.75) is 45.1 Å². The Balaban J connectivity index is 1.92. The van der Waals surface area contributed by atoms with Crippen LogP contribution < -0.4 is 0 Å². The number of ketones is 1. The van der Waals surface area contributed by atoms with E-state index in [1.807, 2.05) is 12.0 Å². The van der Waals surface area contributed by atoms with Crippen LogP contribution in [0.25, 0.3) is 0 Å². The van der Waals surface area contributed by atoms with Gasteiger partial charge in [0.15, 0.2) is 5.78 Å². The molecule has 3 rings (SSSR count). The standard InChI is InChI=1S/C18H24N2O2/c1-12-5-6-13(2)15(11-12)16-14(3)19-18(17(16)21)7-9-20(22-4)10-8-18/h5-6,11,16H,7-10H2,1-4H3. The van der Waals surface area contributed by atoms with E-state index in [-0.39, 0.29) is 11.7 Å². The van der Waals surface area contributed by atoms with E-state index in [1.165, 1.54) is 11.1 Å². The molecule has 4 nitrogen and oxygen atoms in total. The Morgan fingerprint density at radius 3 is 2.55 bits per heavy atom. The largest absolute Gasteiger partial charge is 0.302 e. The smallest absolute Gasteiger partial charge is 0.173 e. The zero-order valence-electron chi connectivity index (χ0n) is 13.8. The van der Waals surface area contributed by atoms with Gasteiger partial charge in [0.2, 0.25) is 0 Å². The molecule has 2 aliphatic heterocycles. The van der Waals surface area contributed by atoms with E-state index < -0.39 is 5.54 Å². The summed E-state index contributed by atoms with van der Waals surface area (Å²) in [5.74, 6) is 0.100. The van der Waals surface area contributed by atoms with E-state index in [2.05, 4.69) is 32.0 Å². The van der Waals surface area contributed by atoms with Crippen LogP contribution in [0.15, 0.2) is 23.2 Å². The highest BCUT2D eigenvalue weighted by atomic mass is 16.7. The number of carbonyl (C=O) groups excluding carboxylic acids is 1. The van der Waals surface area contributed by atoms with Crippen molar-refractivity contribution in [3.63, 3.8) is 0 Å². The summed E-state index contributed by atoms with van der Waals surface area (Å²) in [5.41, 5.74) is 3.92. The van der Waals surface area contributed by atoms with Gasteiger partial charge in [-0.2, -0.15) is 5.06 Å².